The Bertz CT molecular complexity index is 1200. The van der Waals surface area contributed by atoms with Crippen LogP contribution in [0.2, 0.25) is 0 Å². The van der Waals surface area contributed by atoms with Crippen LogP contribution in [0.1, 0.15) is 23.5 Å². The molecule has 0 fully saturated rings. The first-order valence-electron chi connectivity index (χ1n) is 10.6. The van der Waals surface area contributed by atoms with Crippen molar-refractivity contribution < 1.29 is 0 Å². The summed E-state index contributed by atoms with van der Waals surface area (Å²) < 4.78 is 0. The topological polar surface area (TPSA) is 0 Å². The SMILES string of the molecule is C1=CC(C2c3cc(-c4ccccc4)ccc3-c3ccc(-c4ccccc4)cc32)=CC1. The van der Waals surface area contributed by atoms with Crippen molar-refractivity contribution in [2.45, 2.75) is 12.3 Å². The third kappa shape index (κ3) is 2.76. The van der Waals surface area contributed by atoms with Crippen molar-refractivity contribution in [1.29, 1.82) is 0 Å². The molecule has 0 saturated heterocycles. The lowest BCUT2D eigenvalue weighted by atomic mass is 9.87. The molecule has 0 heterocycles. The van der Waals surface area contributed by atoms with Crippen LogP contribution in [0.4, 0.5) is 0 Å². The normalized spacial score (nSPS) is 14.5. The molecule has 6 rings (SSSR count). The van der Waals surface area contributed by atoms with Crippen molar-refractivity contribution in [3.05, 3.63) is 132 Å². The van der Waals surface area contributed by atoms with Crippen molar-refractivity contribution in [2.75, 3.05) is 0 Å². The van der Waals surface area contributed by atoms with Crippen LogP contribution >= 0.6 is 0 Å². The predicted molar refractivity (Wildman–Crippen MR) is 126 cm³/mol. The molecule has 2 aliphatic carbocycles. The van der Waals surface area contributed by atoms with Crippen molar-refractivity contribution in [3.63, 3.8) is 0 Å². The monoisotopic (exact) mass is 382 g/mol. The van der Waals surface area contributed by atoms with Gasteiger partial charge in [-0.3, -0.25) is 0 Å². The summed E-state index contributed by atoms with van der Waals surface area (Å²) in [6, 6.07) is 35.4. The Morgan fingerprint density at radius 1 is 0.533 bits per heavy atom. The average Bonchev–Trinajstić information content (AvgIpc) is 3.45. The molecule has 0 atom stereocenters. The van der Waals surface area contributed by atoms with E-state index in [1.807, 2.05) is 0 Å². The maximum absolute atomic E-state index is 2.41. The highest BCUT2D eigenvalue weighted by molar-refractivity contribution is 5.86. The van der Waals surface area contributed by atoms with Crippen molar-refractivity contribution >= 4 is 0 Å². The summed E-state index contributed by atoms with van der Waals surface area (Å²) in [4.78, 5) is 0. The first-order valence-corrected chi connectivity index (χ1v) is 10.6. The Hall–Kier alpha value is -3.64. The van der Waals surface area contributed by atoms with Crippen LogP contribution in [-0.4, -0.2) is 0 Å². The maximum atomic E-state index is 2.41. The fourth-order valence-electron chi connectivity index (χ4n) is 4.93. The van der Waals surface area contributed by atoms with Gasteiger partial charge in [-0.05, 0) is 68.6 Å². The van der Waals surface area contributed by atoms with Crippen molar-refractivity contribution in [2.24, 2.45) is 0 Å². The van der Waals surface area contributed by atoms with Gasteiger partial charge in [0, 0.05) is 5.92 Å². The van der Waals surface area contributed by atoms with E-state index in [4.69, 9.17) is 0 Å². The lowest BCUT2D eigenvalue weighted by molar-refractivity contribution is 1.02. The fraction of sp³-hybridized carbons (Fsp3) is 0.0667. The van der Waals surface area contributed by atoms with Gasteiger partial charge >= 0.3 is 0 Å². The van der Waals surface area contributed by atoms with E-state index in [-0.39, 0.29) is 0 Å². The molecule has 0 heteroatoms. The minimum absolute atomic E-state index is 0.307. The number of allylic oxidation sites excluding steroid dienone is 4. The third-order valence-electron chi connectivity index (χ3n) is 6.36. The molecule has 0 aromatic heterocycles. The van der Waals surface area contributed by atoms with E-state index in [1.165, 1.54) is 50.1 Å². The molecule has 0 nitrogen and oxygen atoms in total. The van der Waals surface area contributed by atoms with Gasteiger partial charge in [0.15, 0.2) is 0 Å². The van der Waals surface area contributed by atoms with Crippen molar-refractivity contribution in [1.82, 2.24) is 0 Å². The highest BCUT2D eigenvalue weighted by Gasteiger charge is 2.31. The summed E-state index contributed by atoms with van der Waals surface area (Å²) in [5.41, 5.74) is 12.1. The first kappa shape index (κ1) is 17.2. The number of fused-ring (bicyclic) bond motifs is 3. The maximum Gasteiger partial charge on any atom is 0.0349 e. The second kappa shape index (κ2) is 7.00. The zero-order valence-corrected chi connectivity index (χ0v) is 16.8. The highest BCUT2D eigenvalue weighted by atomic mass is 14.3. The smallest absolute Gasteiger partial charge is 0.0349 e. The Morgan fingerprint density at radius 3 is 1.53 bits per heavy atom. The van der Waals surface area contributed by atoms with E-state index >= 15 is 0 Å². The first-order chi connectivity index (χ1) is 14.9. The molecule has 0 amide bonds. The Kier molecular flexibility index (Phi) is 4.02. The zero-order chi connectivity index (χ0) is 19.9. The fourth-order valence-corrected chi connectivity index (χ4v) is 4.93. The van der Waals surface area contributed by atoms with E-state index in [0.717, 1.165) is 6.42 Å². The lowest BCUT2D eigenvalue weighted by Gasteiger charge is -2.16. The predicted octanol–water partition coefficient (Wildman–Crippen LogP) is 8.02. The second-order valence-corrected chi connectivity index (χ2v) is 8.11. The van der Waals surface area contributed by atoms with Crippen LogP contribution in [0.25, 0.3) is 33.4 Å². The van der Waals surface area contributed by atoms with Gasteiger partial charge in [0.05, 0.1) is 0 Å². The Labute approximate surface area is 177 Å². The van der Waals surface area contributed by atoms with Crippen LogP contribution in [0.3, 0.4) is 0 Å². The van der Waals surface area contributed by atoms with Gasteiger partial charge in [-0.25, -0.2) is 0 Å². The second-order valence-electron chi connectivity index (χ2n) is 8.11. The van der Waals surface area contributed by atoms with E-state index in [2.05, 4.69) is 115 Å². The van der Waals surface area contributed by atoms with Crippen molar-refractivity contribution in [3.8, 4) is 33.4 Å². The van der Waals surface area contributed by atoms with Gasteiger partial charge in [-0.2, -0.15) is 0 Å². The van der Waals surface area contributed by atoms with Gasteiger partial charge < -0.3 is 0 Å². The summed E-state index contributed by atoms with van der Waals surface area (Å²) in [6.07, 6.45) is 8.00. The standard InChI is InChI=1S/C30H22/c1-3-9-21(10-4-1)24-15-17-26-27-18-16-25(22-11-5-2-6-12-22)20-29(27)30(28(26)19-24)23-13-7-8-14-23/h1-7,9-20,30H,8H2. The van der Waals surface area contributed by atoms with Gasteiger partial charge in [-0.15, -0.1) is 0 Å². The van der Waals surface area contributed by atoms with Gasteiger partial charge in [0.25, 0.3) is 0 Å². The quantitative estimate of drug-likeness (QED) is 0.336. The molecule has 0 N–H and O–H groups in total. The van der Waals surface area contributed by atoms with E-state index in [1.54, 1.807) is 0 Å². The van der Waals surface area contributed by atoms with Gasteiger partial charge in [-0.1, -0.05) is 103 Å². The molecule has 2 aliphatic rings. The largest absolute Gasteiger partial charge is 0.0804 e. The summed E-state index contributed by atoms with van der Waals surface area (Å²) >= 11 is 0. The molecule has 4 aromatic rings. The summed E-state index contributed by atoms with van der Waals surface area (Å²) in [5, 5.41) is 0. The third-order valence-corrected chi connectivity index (χ3v) is 6.36. The molecule has 0 unspecified atom stereocenters. The molecule has 0 saturated carbocycles. The molecule has 142 valence electrons. The molecular formula is C30H22. The molecule has 0 spiro atoms. The molecule has 0 radical (unpaired) electrons. The zero-order valence-electron chi connectivity index (χ0n) is 16.8. The van der Waals surface area contributed by atoms with Crippen LogP contribution in [0.15, 0.2) is 121 Å². The number of benzene rings is 4. The Morgan fingerprint density at radius 2 is 1.07 bits per heavy atom. The molecule has 0 bridgehead atoms. The summed E-state index contributed by atoms with van der Waals surface area (Å²) in [7, 11) is 0. The number of hydrogen-bond acceptors (Lipinski definition) is 0. The van der Waals surface area contributed by atoms with Crippen LogP contribution in [-0.2, 0) is 0 Å². The molecule has 30 heavy (non-hydrogen) atoms. The minimum atomic E-state index is 0.307. The molecule has 4 aromatic carbocycles. The van der Waals surface area contributed by atoms with Crippen LogP contribution in [0.5, 0.6) is 0 Å². The number of rotatable bonds is 3. The average molecular weight is 383 g/mol. The summed E-state index contributed by atoms with van der Waals surface area (Å²) in [6.45, 7) is 0. The van der Waals surface area contributed by atoms with Gasteiger partial charge in [0.2, 0.25) is 0 Å². The lowest BCUT2D eigenvalue weighted by Crippen LogP contribution is -1.99. The van der Waals surface area contributed by atoms with E-state index < -0.39 is 0 Å². The highest BCUT2D eigenvalue weighted by Crippen LogP contribution is 2.51. The van der Waals surface area contributed by atoms with E-state index in [9.17, 15) is 0 Å². The van der Waals surface area contributed by atoms with E-state index in [0.29, 0.717) is 5.92 Å². The van der Waals surface area contributed by atoms with Gasteiger partial charge in [0.1, 0.15) is 0 Å². The number of hydrogen-bond donors (Lipinski definition) is 0. The minimum Gasteiger partial charge on any atom is -0.0804 e. The molecular weight excluding hydrogens is 360 g/mol. The van der Waals surface area contributed by atoms with Crippen LogP contribution < -0.4 is 0 Å². The molecule has 0 aliphatic heterocycles. The summed E-state index contributed by atoms with van der Waals surface area (Å²) in [5.74, 6) is 0.307. The van der Waals surface area contributed by atoms with Crippen LogP contribution in [0, 0.1) is 0 Å². The Balaban J connectivity index is 1.54.